The molecule has 0 nitrogen and oxygen atoms in total. The first-order valence-corrected chi connectivity index (χ1v) is 5.73. The van der Waals surface area contributed by atoms with E-state index in [1.54, 1.807) is 0 Å². The number of allylic oxidation sites excluding steroid dienone is 4. The van der Waals surface area contributed by atoms with Crippen LogP contribution in [0.4, 0.5) is 0 Å². The highest BCUT2D eigenvalue weighted by molar-refractivity contribution is 5.09. The van der Waals surface area contributed by atoms with E-state index < -0.39 is 0 Å². The minimum atomic E-state index is 0.769. The Morgan fingerprint density at radius 3 is 1.47 bits per heavy atom. The van der Waals surface area contributed by atoms with E-state index >= 15 is 0 Å². The molecule has 0 radical (unpaired) electrons. The van der Waals surface area contributed by atoms with Gasteiger partial charge in [0.15, 0.2) is 0 Å². The van der Waals surface area contributed by atoms with E-state index in [1.807, 2.05) is 50.2 Å². The summed E-state index contributed by atoms with van der Waals surface area (Å²) in [5.41, 5.74) is 0. The Labute approximate surface area is 94.3 Å². The van der Waals surface area contributed by atoms with Gasteiger partial charge in [0.2, 0.25) is 0 Å². The molecule has 0 N–H and O–H groups in total. The molecule has 0 amide bonds. The maximum Gasteiger partial charge on any atom is -0.0224 e. The highest BCUT2D eigenvalue weighted by Gasteiger charge is 1.93. The molecule has 82 valence electrons. The van der Waals surface area contributed by atoms with Crippen molar-refractivity contribution in [3.8, 4) is 0 Å². The van der Waals surface area contributed by atoms with Crippen molar-refractivity contribution in [3.05, 3.63) is 60.7 Å². The SMILES string of the molecule is CC.CC1C=CC=CC1.c1ccccc1. The molecule has 0 fully saturated rings. The van der Waals surface area contributed by atoms with Crippen LogP contribution in [0.1, 0.15) is 27.2 Å². The first-order valence-electron chi connectivity index (χ1n) is 5.73. The Morgan fingerprint density at radius 2 is 1.27 bits per heavy atom. The third-order valence-corrected chi connectivity index (χ3v) is 1.86. The van der Waals surface area contributed by atoms with Gasteiger partial charge in [0.25, 0.3) is 0 Å². The number of hydrogen-bond acceptors (Lipinski definition) is 0. The van der Waals surface area contributed by atoms with Gasteiger partial charge in [-0.1, -0.05) is 81.5 Å². The van der Waals surface area contributed by atoms with Crippen LogP contribution < -0.4 is 0 Å². The van der Waals surface area contributed by atoms with Gasteiger partial charge >= 0.3 is 0 Å². The minimum Gasteiger partial charge on any atom is -0.0840 e. The van der Waals surface area contributed by atoms with Gasteiger partial charge in [0, 0.05) is 0 Å². The highest BCUT2D eigenvalue weighted by atomic mass is 14.0. The van der Waals surface area contributed by atoms with Crippen molar-refractivity contribution >= 4 is 0 Å². The number of rotatable bonds is 0. The summed E-state index contributed by atoms with van der Waals surface area (Å²) in [6.45, 7) is 6.22. The Morgan fingerprint density at radius 1 is 0.800 bits per heavy atom. The molecule has 0 saturated heterocycles. The van der Waals surface area contributed by atoms with Crippen molar-refractivity contribution in [2.45, 2.75) is 27.2 Å². The van der Waals surface area contributed by atoms with E-state index in [9.17, 15) is 0 Å². The van der Waals surface area contributed by atoms with Gasteiger partial charge in [-0.05, 0) is 12.3 Å². The van der Waals surface area contributed by atoms with Crippen molar-refractivity contribution in [1.29, 1.82) is 0 Å². The maximum absolute atomic E-state index is 2.22. The molecule has 0 saturated carbocycles. The number of hydrogen-bond donors (Lipinski definition) is 0. The summed E-state index contributed by atoms with van der Waals surface area (Å²) in [6.07, 6.45) is 9.84. The Bertz CT molecular complexity index is 230. The van der Waals surface area contributed by atoms with Crippen LogP contribution in [0.15, 0.2) is 60.7 Å². The maximum atomic E-state index is 2.22. The lowest BCUT2D eigenvalue weighted by Gasteiger charge is -2.02. The summed E-state index contributed by atoms with van der Waals surface area (Å²) < 4.78 is 0. The fraction of sp³-hybridized carbons (Fsp3) is 0.333. The number of benzene rings is 1. The first kappa shape index (κ1) is 13.7. The van der Waals surface area contributed by atoms with Crippen LogP contribution in [0.2, 0.25) is 0 Å². The van der Waals surface area contributed by atoms with Crippen molar-refractivity contribution < 1.29 is 0 Å². The Kier molecular flexibility index (Phi) is 9.84. The molecule has 2 rings (SSSR count). The van der Waals surface area contributed by atoms with Gasteiger partial charge in [-0.15, -0.1) is 0 Å². The van der Waals surface area contributed by atoms with E-state index in [0.29, 0.717) is 0 Å². The highest BCUT2D eigenvalue weighted by Crippen LogP contribution is 2.08. The quantitative estimate of drug-likeness (QED) is 0.564. The molecule has 1 aromatic carbocycles. The molecule has 0 heteroatoms. The van der Waals surface area contributed by atoms with Crippen molar-refractivity contribution in [1.82, 2.24) is 0 Å². The first-order chi connectivity index (χ1) is 7.39. The predicted octanol–water partition coefficient (Wildman–Crippen LogP) is 4.85. The van der Waals surface area contributed by atoms with Crippen LogP contribution in [0.25, 0.3) is 0 Å². The lowest BCUT2D eigenvalue weighted by Crippen LogP contribution is -1.87. The minimum absolute atomic E-state index is 0.769. The van der Waals surface area contributed by atoms with Gasteiger partial charge in [-0.3, -0.25) is 0 Å². The molecule has 1 atom stereocenters. The largest absolute Gasteiger partial charge is 0.0840 e. The van der Waals surface area contributed by atoms with E-state index in [0.717, 1.165) is 5.92 Å². The zero-order valence-corrected chi connectivity index (χ0v) is 10.1. The third kappa shape index (κ3) is 9.01. The fourth-order valence-electron chi connectivity index (χ4n) is 1.09. The molecule has 1 aliphatic rings. The summed E-state index contributed by atoms with van der Waals surface area (Å²) in [6, 6.07) is 12.0. The molecule has 1 aromatic rings. The summed E-state index contributed by atoms with van der Waals surface area (Å²) in [4.78, 5) is 0. The second-order valence-electron chi connectivity index (χ2n) is 3.18. The molecule has 1 unspecified atom stereocenters. The second-order valence-corrected chi connectivity index (χ2v) is 3.18. The van der Waals surface area contributed by atoms with E-state index in [-0.39, 0.29) is 0 Å². The van der Waals surface area contributed by atoms with E-state index in [2.05, 4.69) is 31.2 Å². The van der Waals surface area contributed by atoms with Crippen molar-refractivity contribution in [3.63, 3.8) is 0 Å². The molecule has 1 aliphatic carbocycles. The van der Waals surface area contributed by atoms with Crippen LogP contribution in [0, 0.1) is 5.92 Å². The molecule has 0 aliphatic heterocycles. The summed E-state index contributed by atoms with van der Waals surface area (Å²) in [5, 5.41) is 0. The zero-order valence-electron chi connectivity index (χ0n) is 10.1. The lowest BCUT2D eigenvalue weighted by molar-refractivity contribution is 0.737. The predicted molar refractivity (Wildman–Crippen MR) is 69.9 cm³/mol. The van der Waals surface area contributed by atoms with Crippen LogP contribution in [-0.2, 0) is 0 Å². The van der Waals surface area contributed by atoms with Crippen LogP contribution in [0.5, 0.6) is 0 Å². The molecule has 0 aromatic heterocycles. The Hall–Kier alpha value is -1.30. The van der Waals surface area contributed by atoms with Crippen LogP contribution >= 0.6 is 0 Å². The monoisotopic (exact) mass is 202 g/mol. The van der Waals surface area contributed by atoms with Crippen LogP contribution in [-0.4, -0.2) is 0 Å². The van der Waals surface area contributed by atoms with E-state index in [4.69, 9.17) is 0 Å². The lowest BCUT2D eigenvalue weighted by atomic mass is 10.0. The zero-order chi connectivity index (χ0) is 11.4. The van der Waals surface area contributed by atoms with Crippen molar-refractivity contribution in [2.75, 3.05) is 0 Å². The summed E-state index contributed by atoms with van der Waals surface area (Å²) >= 11 is 0. The molecular formula is C15H22. The Balaban J connectivity index is 0.000000227. The summed E-state index contributed by atoms with van der Waals surface area (Å²) in [7, 11) is 0. The fourth-order valence-corrected chi connectivity index (χ4v) is 1.09. The molecular weight excluding hydrogens is 180 g/mol. The normalized spacial score (nSPS) is 16.9. The van der Waals surface area contributed by atoms with Crippen LogP contribution in [0.3, 0.4) is 0 Å². The second kappa shape index (κ2) is 10.8. The molecule has 15 heavy (non-hydrogen) atoms. The van der Waals surface area contributed by atoms with Gasteiger partial charge in [-0.2, -0.15) is 0 Å². The van der Waals surface area contributed by atoms with Gasteiger partial charge in [-0.25, -0.2) is 0 Å². The molecule has 0 spiro atoms. The van der Waals surface area contributed by atoms with E-state index in [1.165, 1.54) is 6.42 Å². The summed E-state index contributed by atoms with van der Waals surface area (Å²) in [5.74, 6) is 0.769. The topological polar surface area (TPSA) is 0 Å². The van der Waals surface area contributed by atoms with Gasteiger partial charge in [0.1, 0.15) is 0 Å². The van der Waals surface area contributed by atoms with Gasteiger partial charge in [0.05, 0.1) is 0 Å². The average molecular weight is 202 g/mol. The molecule has 0 bridgehead atoms. The third-order valence-electron chi connectivity index (χ3n) is 1.86. The van der Waals surface area contributed by atoms with Crippen molar-refractivity contribution in [2.24, 2.45) is 5.92 Å². The average Bonchev–Trinajstić information content (AvgIpc) is 2.36. The van der Waals surface area contributed by atoms with Gasteiger partial charge < -0.3 is 0 Å². The standard InChI is InChI=1S/C7H10.C6H6.C2H6/c1-7-5-3-2-4-6-7;1-2-4-6-5-3-1;1-2/h2-5,7H,6H2,1H3;1-6H;1-2H3. The molecule has 0 heterocycles. The smallest absolute Gasteiger partial charge is 0.0224 e.